The third-order valence-electron chi connectivity index (χ3n) is 3.38. The van der Waals surface area contributed by atoms with Crippen LogP contribution in [0.2, 0.25) is 0 Å². The Labute approximate surface area is 125 Å². The second-order valence-electron chi connectivity index (χ2n) is 6.27. The summed E-state index contributed by atoms with van der Waals surface area (Å²) in [5.41, 5.74) is 3.65. The van der Waals surface area contributed by atoms with Crippen LogP contribution in [0.1, 0.15) is 43.2 Å². The van der Waals surface area contributed by atoms with Gasteiger partial charge in [-0.1, -0.05) is 32.9 Å². The minimum Gasteiger partial charge on any atom is -0.424 e. The van der Waals surface area contributed by atoms with Crippen LogP contribution in [0.25, 0.3) is 0 Å². The Balaban J connectivity index is 2.39. The zero-order chi connectivity index (χ0) is 15.6. The highest BCUT2D eigenvalue weighted by molar-refractivity contribution is 5.42. The Morgan fingerprint density at radius 3 is 2.48 bits per heavy atom. The highest BCUT2D eigenvalue weighted by Crippen LogP contribution is 2.34. The van der Waals surface area contributed by atoms with E-state index in [1.54, 1.807) is 6.20 Å². The molecule has 0 saturated heterocycles. The number of hydrogen-bond donors (Lipinski definition) is 1. The Morgan fingerprint density at radius 1 is 1.19 bits per heavy atom. The van der Waals surface area contributed by atoms with Crippen molar-refractivity contribution in [1.82, 2.24) is 9.97 Å². The number of aliphatic hydroxyl groups excluding tert-OH is 1. The van der Waals surface area contributed by atoms with Gasteiger partial charge in [-0.3, -0.25) is 0 Å². The number of aryl methyl sites for hydroxylation is 2. The number of ether oxygens (including phenoxy) is 1. The fourth-order valence-corrected chi connectivity index (χ4v) is 2.11. The van der Waals surface area contributed by atoms with Crippen LogP contribution in [-0.2, 0) is 12.0 Å². The van der Waals surface area contributed by atoms with Gasteiger partial charge < -0.3 is 9.84 Å². The summed E-state index contributed by atoms with van der Waals surface area (Å²) < 4.78 is 5.89. The second-order valence-corrected chi connectivity index (χ2v) is 6.27. The van der Waals surface area contributed by atoms with Crippen LogP contribution in [0, 0.1) is 13.8 Å². The van der Waals surface area contributed by atoms with E-state index in [1.807, 2.05) is 19.9 Å². The molecule has 2 rings (SSSR count). The molecule has 4 nitrogen and oxygen atoms in total. The van der Waals surface area contributed by atoms with Crippen LogP contribution in [0.5, 0.6) is 11.8 Å². The lowest BCUT2D eigenvalue weighted by Crippen LogP contribution is -2.13. The van der Waals surface area contributed by atoms with E-state index in [4.69, 9.17) is 9.84 Å². The first kappa shape index (κ1) is 15.4. The molecule has 0 unspecified atom stereocenters. The molecule has 2 aromatic rings. The van der Waals surface area contributed by atoms with Gasteiger partial charge in [0.2, 0.25) is 0 Å². The molecule has 0 radical (unpaired) electrons. The lowest BCUT2D eigenvalue weighted by atomic mass is 9.86. The molecular formula is C17H22N2O2. The molecule has 0 fully saturated rings. The molecule has 0 spiro atoms. The Bertz CT molecular complexity index is 646. The standard InChI is InChI=1S/C17H22N2O2/c1-11-6-7-14(17(3,4)5)15(8-11)21-16-18-9-13(10-20)12(2)19-16/h6-9,20H,10H2,1-5H3. The summed E-state index contributed by atoms with van der Waals surface area (Å²) in [6, 6.07) is 6.47. The maximum Gasteiger partial charge on any atom is 0.322 e. The molecule has 0 saturated carbocycles. The molecule has 1 aromatic heterocycles. The van der Waals surface area contributed by atoms with Crippen molar-refractivity contribution in [3.8, 4) is 11.8 Å². The van der Waals surface area contributed by atoms with Crippen LogP contribution in [0.3, 0.4) is 0 Å². The van der Waals surface area contributed by atoms with E-state index < -0.39 is 0 Å². The number of benzene rings is 1. The average molecular weight is 286 g/mol. The van der Waals surface area contributed by atoms with Crippen molar-refractivity contribution >= 4 is 0 Å². The van der Waals surface area contributed by atoms with Crippen LogP contribution in [0.15, 0.2) is 24.4 Å². The molecule has 1 N–H and O–H groups in total. The van der Waals surface area contributed by atoms with Gasteiger partial charge in [-0.15, -0.1) is 0 Å². The monoisotopic (exact) mass is 286 g/mol. The van der Waals surface area contributed by atoms with E-state index in [1.165, 1.54) is 0 Å². The van der Waals surface area contributed by atoms with E-state index in [9.17, 15) is 0 Å². The van der Waals surface area contributed by atoms with Gasteiger partial charge in [-0.2, -0.15) is 4.98 Å². The smallest absolute Gasteiger partial charge is 0.322 e. The maximum absolute atomic E-state index is 9.17. The summed E-state index contributed by atoms with van der Waals surface area (Å²) in [5, 5.41) is 9.17. The van der Waals surface area contributed by atoms with E-state index in [-0.39, 0.29) is 12.0 Å². The zero-order valence-electron chi connectivity index (χ0n) is 13.3. The Kier molecular flexibility index (Phi) is 4.28. The first-order chi connectivity index (χ1) is 9.81. The number of aromatic nitrogens is 2. The van der Waals surface area contributed by atoms with Gasteiger partial charge in [0.15, 0.2) is 0 Å². The van der Waals surface area contributed by atoms with Gasteiger partial charge in [0.05, 0.1) is 12.3 Å². The van der Waals surface area contributed by atoms with Gasteiger partial charge >= 0.3 is 6.01 Å². The highest BCUT2D eigenvalue weighted by Gasteiger charge is 2.20. The predicted molar refractivity (Wildman–Crippen MR) is 82.6 cm³/mol. The lowest BCUT2D eigenvalue weighted by molar-refractivity contribution is 0.279. The van der Waals surface area contributed by atoms with Gasteiger partial charge in [-0.25, -0.2) is 4.98 Å². The Hall–Kier alpha value is -1.94. The molecule has 0 aliphatic heterocycles. The number of hydrogen-bond acceptors (Lipinski definition) is 4. The van der Waals surface area contributed by atoms with E-state index in [0.29, 0.717) is 11.6 Å². The minimum absolute atomic E-state index is 0.0247. The number of nitrogens with zero attached hydrogens (tertiary/aromatic N) is 2. The van der Waals surface area contributed by atoms with Gasteiger partial charge in [-0.05, 0) is 30.9 Å². The SMILES string of the molecule is Cc1ccc(C(C)(C)C)c(Oc2ncc(CO)c(C)n2)c1. The first-order valence-corrected chi connectivity index (χ1v) is 7.03. The molecule has 0 atom stereocenters. The van der Waals surface area contributed by atoms with Crippen molar-refractivity contribution in [2.45, 2.75) is 46.6 Å². The third kappa shape index (κ3) is 3.58. The van der Waals surface area contributed by atoms with Gasteiger partial charge in [0, 0.05) is 17.3 Å². The quantitative estimate of drug-likeness (QED) is 0.935. The fourth-order valence-electron chi connectivity index (χ4n) is 2.11. The molecule has 21 heavy (non-hydrogen) atoms. The summed E-state index contributed by atoms with van der Waals surface area (Å²) in [4.78, 5) is 8.46. The summed E-state index contributed by atoms with van der Waals surface area (Å²) in [6.45, 7) is 10.2. The van der Waals surface area contributed by atoms with Crippen molar-refractivity contribution in [3.05, 3.63) is 46.8 Å². The molecule has 0 aliphatic rings. The second kappa shape index (κ2) is 5.82. The van der Waals surface area contributed by atoms with Crippen molar-refractivity contribution in [2.24, 2.45) is 0 Å². The maximum atomic E-state index is 9.17. The highest BCUT2D eigenvalue weighted by atomic mass is 16.5. The normalized spacial score (nSPS) is 11.5. The third-order valence-corrected chi connectivity index (χ3v) is 3.38. The molecule has 1 heterocycles. The van der Waals surface area contributed by atoms with Crippen molar-refractivity contribution in [2.75, 3.05) is 0 Å². The number of aliphatic hydroxyl groups is 1. The van der Waals surface area contributed by atoms with E-state index in [2.05, 4.69) is 42.9 Å². The largest absolute Gasteiger partial charge is 0.424 e. The summed E-state index contributed by atoms with van der Waals surface area (Å²) >= 11 is 0. The van der Waals surface area contributed by atoms with E-state index >= 15 is 0 Å². The lowest BCUT2D eigenvalue weighted by Gasteiger charge is -2.22. The van der Waals surface area contributed by atoms with Gasteiger partial charge in [0.1, 0.15) is 5.75 Å². The molecular weight excluding hydrogens is 264 g/mol. The summed E-state index contributed by atoms with van der Waals surface area (Å²) in [7, 11) is 0. The van der Waals surface area contributed by atoms with Crippen LogP contribution < -0.4 is 4.74 Å². The minimum atomic E-state index is -0.0657. The van der Waals surface area contributed by atoms with Crippen molar-refractivity contribution in [3.63, 3.8) is 0 Å². The molecule has 0 amide bonds. The first-order valence-electron chi connectivity index (χ1n) is 7.03. The predicted octanol–water partition coefficient (Wildman–Crippen LogP) is 3.68. The van der Waals surface area contributed by atoms with Crippen LogP contribution in [-0.4, -0.2) is 15.1 Å². The van der Waals surface area contributed by atoms with Crippen molar-refractivity contribution in [1.29, 1.82) is 0 Å². The van der Waals surface area contributed by atoms with Gasteiger partial charge in [0.25, 0.3) is 0 Å². The topological polar surface area (TPSA) is 55.2 Å². The molecule has 1 aromatic carbocycles. The number of rotatable bonds is 3. The summed E-state index contributed by atoms with van der Waals surface area (Å²) in [5.74, 6) is 0.777. The molecule has 0 aliphatic carbocycles. The van der Waals surface area contributed by atoms with Crippen LogP contribution in [0.4, 0.5) is 0 Å². The van der Waals surface area contributed by atoms with Crippen LogP contribution >= 0.6 is 0 Å². The fraction of sp³-hybridized carbons (Fsp3) is 0.412. The molecule has 4 heteroatoms. The molecule has 112 valence electrons. The van der Waals surface area contributed by atoms with E-state index in [0.717, 1.165) is 22.6 Å². The molecule has 0 bridgehead atoms. The Morgan fingerprint density at radius 2 is 1.90 bits per heavy atom. The zero-order valence-corrected chi connectivity index (χ0v) is 13.3. The average Bonchev–Trinajstić information content (AvgIpc) is 2.37. The summed E-state index contributed by atoms with van der Waals surface area (Å²) in [6.07, 6.45) is 1.60. The van der Waals surface area contributed by atoms with Crippen molar-refractivity contribution < 1.29 is 9.84 Å².